The summed E-state index contributed by atoms with van der Waals surface area (Å²) in [7, 11) is 5.36. The summed E-state index contributed by atoms with van der Waals surface area (Å²) < 4.78 is 8.84. The molecule has 3 heterocycles. The summed E-state index contributed by atoms with van der Waals surface area (Å²) in [5, 5.41) is 16.6. The van der Waals surface area contributed by atoms with Crippen molar-refractivity contribution < 1.29 is 9.53 Å². The first-order valence-electron chi connectivity index (χ1n) is 11.9. The van der Waals surface area contributed by atoms with E-state index in [2.05, 4.69) is 30.8 Å². The van der Waals surface area contributed by atoms with Gasteiger partial charge >= 0.3 is 0 Å². The lowest BCUT2D eigenvalue weighted by Gasteiger charge is -2.15. The predicted molar refractivity (Wildman–Crippen MR) is 138 cm³/mol. The van der Waals surface area contributed by atoms with Gasteiger partial charge in [0.25, 0.3) is 0 Å². The largest absolute Gasteiger partial charge is 0.496 e. The number of amides is 1. The maximum atomic E-state index is 12.5. The third-order valence-corrected chi connectivity index (χ3v) is 6.63. The Hall–Kier alpha value is -4.15. The first-order chi connectivity index (χ1) is 17.2. The molecule has 1 aliphatic carbocycles. The molecular formula is C25H31N9O2. The Balaban J connectivity index is 1.37. The minimum atomic E-state index is 0.0562. The van der Waals surface area contributed by atoms with Gasteiger partial charge in [-0.05, 0) is 45.2 Å². The lowest BCUT2D eigenvalue weighted by Crippen LogP contribution is -2.32. The summed E-state index contributed by atoms with van der Waals surface area (Å²) >= 11 is 0. The van der Waals surface area contributed by atoms with Gasteiger partial charge in [-0.3, -0.25) is 9.48 Å². The minimum Gasteiger partial charge on any atom is -0.496 e. The van der Waals surface area contributed by atoms with Crippen LogP contribution in [0.4, 0.5) is 23.3 Å². The molecule has 1 aromatic carbocycles. The summed E-state index contributed by atoms with van der Waals surface area (Å²) in [5.41, 5.74) is 4.60. The fraction of sp³-hybridized carbons (Fsp3) is 0.400. The van der Waals surface area contributed by atoms with Crippen LogP contribution in [0.15, 0.2) is 24.5 Å². The van der Waals surface area contributed by atoms with Gasteiger partial charge in [-0.1, -0.05) is 6.07 Å². The number of nitrogens with one attached hydrogen (secondary N) is 2. The van der Waals surface area contributed by atoms with Crippen molar-refractivity contribution in [2.75, 3.05) is 24.8 Å². The number of aromatic nitrogens is 6. The molecule has 0 atom stereocenters. The number of nitrogens with zero attached hydrogens (tertiary/aromatic N) is 7. The molecule has 0 bridgehead atoms. The SMILES string of the molecule is COc1ccc(C)c(Nc2nn(C)c3nc(Nc4nn(CC(=O)N(C)C5CC5)cc4C)ncc23)c1C. The number of rotatable bonds is 8. The Bertz CT molecular complexity index is 1450. The molecule has 4 aromatic rings. The van der Waals surface area contributed by atoms with E-state index in [9.17, 15) is 4.79 Å². The number of hydrogen-bond acceptors (Lipinski definition) is 8. The van der Waals surface area contributed by atoms with Gasteiger partial charge < -0.3 is 20.3 Å². The number of methoxy groups -OCH3 is 1. The smallest absolute Gasteiger partial charge is 0.244 e. The normalized spacial score (nSPS) is 13.2. The number of aryl methyl sites for hydroxylation is 3. The van der Waals surface area contributed by atoms with E-state index in [1.807, 2.05) is 58.1 Å². The molecule has 3 aromatic heterocycles. The van der Waals surface area contributed by atoms with Crippen LogP contribution in [0.25, 0.3) is 11.0 Å². The molecule has 188 valence electrons. The fourth-order valence-corrected chi connectivity index (χ4v) is 4.30. The van der Waals surface area contributed by atoms with E-state index in [1.165, 1.54) is 0 Å². The molecule has 1 saturated carbocycles. The summed E-state index contributed by atoms with van der Waals surface area (Å²) in [6.07, 6.45) is 5.75. The number of anilines is 4. The summed E-state index contributed by atoms with van der Waals surface area (Å²) in [6, 6.07) is 4.34. The van der Waals surface area contributed by atoms with Crippen LogP contribution in [0.5, 0.6) is 5.75 Å². The maximum absolute atomic E-state index is 12.5. The standard InChI is InChI=1S/C25H31N9O2/c1-14-7-10-19(36-6)16(3)21(14)27-23-18-11-26-25(29-24(18)33(5)30-23)28-22-15(2)12-34(31-22)13-20(35)32(4)17-8-9-17/h7,10-12,17H,8-9,13H2,1-6H3,(H,27,30)(H,26,28,29,31). The second-order valence-electron chi connectivity index (χ2n) is 9.33. The van der Waals surface area contributed by atoms with Crippen LogP contribution < -0.4 is 15.4 Å². The molecule has 0 radical (unpaired) electrons. The molecule has 2 N–H and O–H groups in total. The predicted octanol–water partition coefficient (Wildman–Crippen LogP) is 3.60. The van der Waals surface area contributed by atoms with Gasteiger partial charge in [0.2, 0.25) is 11.9 Å². The average molecular weight is 490 g/mol. The Morgan fingerprint density at radius 1 is 1.14 bits per heavy atom. The molecule has 1 fully saturated rings. The second-order valence-corrected chi connectivity index (χ2v) is 9.33. The van der Waals surface area contributed by atoms with Crippen LogP contribution in [0.1, 0.15) is 29.5 Å². The molecule has 11 nitrogen and oxygen atoms in total. The number of likely N-dealkylation sites (N-methyl/N-ethyl adjacent to an activating group) is 1. The third-order valence-electron chi connectivity index (χ3n) is 6.63. The summed E-state index contributed by atoms with van der Waals surface area (Å²) in [4.78, 5) is 23.4. The number of carbonyl (C=O) groups excluding carboxylic acids is 1. The zero-order chi connectivity index (χ0) is 25.6. The highest BCUT2D eigenvalue weighted by Crippen LogP contribution is 2.33. The molecule has 0 spiro atoms. The number of carbonyl (C=O) groups is 1. The van der Waals surface area contributed by atoms with Crippen molar-refractivity contribution in [2.45, 2.75) is 46.2 Å². The zero-order valence-electron chi connectivity index (χ0n) is 21.5. The van der Waals surface area contributed by atoms with Gasteiger partial charge in [0.05, 0.1) is 12.5 Å². The van der Waals surface area contributed by atoms with E-state index in [4.69, 9.17) is 4.74 Å². The highest BCUT2D eigenvalue weighted by atomic mass is 16.5. The van der Waals surface area contributed by atoms with Gasteiger partial charge in [0.15, 0.2) is 17.3 Å². The van der Waals surface area contributed by atoms with E-state index in [1.54, 1.807) is 22.7 Å². The van der Waals surface area contributed by atoms with Crippen molar-refractivity contribution >= 4 is 40.2 Å². The van der Waals surface area contributed by atoms with Crippen LogP contribution in [-0.4, -0.2) is 60.5 Å². The Kier molecular flexibility index (Phi) is 5.99. The van der Waals surface area contributed by atoms with Gasteiger partial charge in [0.1, 0.15) is 12.3 Å². The van der Waals surface area contributed by atoms with Gasteiger partial charge in [-0.15, -0.1) is 0 Å². The van der Waals surface area contributed by atoms with Gasteiger partial charge in [-0.25, -0.2) is 9.67 Å². The van der Waals surface area contributed by atoms with Crippen molar-refractivity contribution in [1.29, 1.82) is 0 Å². The fourth-order valence-electron chi connectivity index (χ4n) is 4.30. The Morgan fingerprint density at radius 3 is 2.64 bits per heavy atom. The Morgan fingerprint density at radius 2 is 1.92 bits per heavy atom. The van der Waals surface area contributed by atoms with Gasteiger partial charge in [0, 0.05) is 49.3 Å². The van der Waals surface area contributed by atoms with Crippen LogP contribution in [0, 0.1) is 20.8 Å². The number of fused-ring (bicyclic) bond motifs is 1. The number of benzene rings is 1. The molecular weight excluding hydrogens is 458 g/mol. The van der Waals surface area contributed by atoms with Crippen molar-refractivity contribution in [1.82, 2.24) is 34.4 Å². The number of ether oxygens (including phenoxy) is 1. The first kappa shape index (κ1) is 23.6. The molecule has 0 unspecified atom stereocenters. The zero-order valence-corrected chi connectivity index (χ0v) is 21.5. The van der Waals surface area contributed by atoms with Crippen molar-refractivity contribution in [3.8, 4) is 5.75 Å². The highest BCUT2D eigenvalue weighted by Gasteiger charge is 2.29. The van der Waals surface area contributed by atoms with E-state index >= 15 is 0 Å². The van der Waals surface area contributed by atoms with Crippen LogP contribution in [0.2, 0.25) is 0 Å². The maximum Gasteiger partial charge on any atom is 0.244 e. The molecule has 36 heavy (non-hydrogen) atoms. The Labute approximate surface area is 209 Å². The van der Waals surface area contributed by atoms with Crippen LogP contribution in [0.3, 0.4) is 0 Å². The lowest BCUT2D eigenvalue weighted by atomic mass is 10.1. The highest BCUT2D eigenvalue weighted by molar-refractivity contribution is 5.90. The topological polar surface area (TPSA) is 115 Å². The second kappa shape index (κ2) is 9.14. The van der Waals surface area contributed by atoms with Gasteiger partial charge in [-0.2, -0.15) is 15.2 Å². The molecule has 0 saturated heterocycles. The third kappa shape index (κ3) is 4.43. The number of hydrogen-bond donors (Lipinski definition) is 2. The molecule has 1 aliphatic rings. The minimum absolute atomic E-state index is 0.0562. The van der Waals surface area contributed by atoms with Crippen molar-refractivity contribution in [3.05, 3.63) is 41.2 Å². The van der Waals surface area contributed by atoms with E-state index < -0.39 is 0 Å². The summed E-state index contributed by atoms with van der Waals surface area (Å²) in [5.74, 6) is 2.54. The molecule has 11 heteroatoms. The van der Waals surface area contributed by atoms with Crippen molar-refractivity contribution in [3.63, 3.8) is 0 Å². The summed E-state index contributed by atoms with van der Waals surface area (Å²) in [6.45, 7) is 6.19. The first-order valence-corrected chi connectivity index (χ1v) is 11.9. The lowest BCUT2D eigenvalue weighted by molar-refractivity contribution is -0.131. The van der Waals surface area contributed by atoms with E-state index in [0.29, 0.717) is 29.3 Å². The van der Waals surface area contributed by atoms with Crippen LogP contribution >= 0.6 is 0 Å². The van der Waals surface area contributed by atoms with E-state index in [-0.39, 0.29) is 12.5 Å². The molecule has 5 rings (SSSR count). The monoisotopic (exact) mass is 489 g/mol. The average Bonchev–Trinajstić information content (AvgIpc) is 3.58. The van der Waals surface area contributed by atoms with Crippen LogP contribution in [-0.2, 0) is 18.4 Å². The molecule has 0 aliphatic heterocycles. The van der Waals surface area contributed by atoms with E-state index in [0.717, 1.165) is 46.4 Å². The quantitative estimate of drug-likeness (QED) is 0.386. The molecule has 1 amide bonds. The van der Waals surface area contributed by atoms with Crippen molar-refractivity contribution in [2.24, 2.45) is 7.05 Å².